The lowest BCUT2D eigenvalue weighted by Gasteiger charge is -2.43. The summed E-state index contributed by atoms with van der Waals surface area (Å²) in [7, 11) is 1.21. The number of phenolic OH excluding ortho intramolecular Hbond substituents is 2. The minimum Gasteiger partial charge on any atom is -0.508 e. The first-order valence-corrected chi connectivity index (χ1v) is 22.6. The molecule has 372 valence electrons. The van der Waals surface area contributed by atoms with Crippen molar-refractivity contribution in [3.8, 4) is 11.5 Å². The number of nitrogens with one attached hydrogen (secondary N) is 5. The summed E-state index contributed by atoms with van der Waals surface area (Å²) < 4.78 is 5.83. The van der Waals surface area contributed by atoms with Gasteiger partial charge in [0.15, 0.2) is 0 Å². The molecule has 22 nitrogen and oxygen atoms in total. The van der Waals surface area contributed by atoms with Crippen LogP contribution in [0.15, 0.2) is 42.5 Å². The molecule has 11 atom stereocenters. The highest BCUT2D eigenvalue weighted by Gasteiger charge is 2.47. The lowest BCUT2D eigenvalue weighted by Crippen LogP contribution is -2.67. The maximum absolute atomic E-state index is 14.6. The predicted molar refractivity (Wildman–Crippen MR) is 242 cm³/mol. The third-order valence-electron chi connectivity index (χ3n) is 12.1. The first-order valence-electron chi connectivity index (χ1n) is 22.2. The van der Waals surface area contributed by atoms with Crippen LogP contribution in [0.1, 0.15) is 77.3 Å². The number of carbonyl (C=O) groups excluding carboxylic acids is 9. The molecule has 2 aliphatic rings. The fraction of sp³-hybridized carbons (Fsp3) is 0.533. The molecule has 0 aromatic heterocycles. The van der Waals surface area contributed by atoms with Gasteiger partial charge in [0.1, 0.15) is 66.1 Å². The van der Waals surface area contributed by atoms with E-state index in [1.807, 2.05) is 0 Å². The average molecular weight is 973 g/mol. The Balaban J connectivity index is 1.89. The Morgan fingerprint density at radius 1 is 0.956 bits per heavy atom. The van der Waals surface area contributed by atoms with Crippen molar-refractivity contribution in [1.29, 1.82) is 0 Å². The number of aryl methyl sites for hydroxylation is 1. The number of nitrogens with two attached hydrogens (primary N) is 1. The lowest BCUT2D eigenvalue weighted by atomic mass is 9.96. The third kappa shape index (κ3) is 14.0. The lowest BCUT2D eigenvalue weighted by molar-refractivity contribution is -0.170. The van der Waals surface area contributed by atoms with Crippen molar-refractivity contribution in [3.05, 3.63) is 58.6 Å². The number of rotatable bonds is 15. The van der Waals surface area contributed by atoms with E-state index in [4.69, 9.17) is 22.1 Å². The monoisotopic (exact) mass is 972 g/mol. The molecule has 2 saturated heterocycles. The maximum atomic E-state index is 14.6. The van der Waals surface area contributed by atoms with E-state index in [0.29, 0.717) is 11.1 Å². The molecule has 68 heavy (non-hydrogen) atoms. The minimum absolute atomic E-state index is 0.0392. The zero-order chi connectivity index (χ0) is 50.6. The van der Waals surface area contributed by atoms with Crippen LogP contribution in [0, 0.1) is 5.92 Å². The number of aromatic hydroxyl groups is 2. The van der Waals surface area contributed by atoms with E-state index in [1.165, 1.54) is 51.2 Å². The molecule has 2 fully saturated rings. The number of hydrogen-bond acceptors (Lipinski definition) is 14. The number of halogens is 1. The van der Waals surface area contributed by atoms with Gasteiger partial charge >= 0.3 is 5.97 Å². The van der Waals surface area contributed by atoms with Crippen molar-refractivity contribution in [2.24, 2.45) is 11.7 Å². The Kier molecular flexibility index (Phi) is 19.5. The highest BCUT2D eigenvalue weighted by Crippen LogP contribution is 2.27. The van der Waals surface area contributed by atoms with Crippen molar-refractivity contribution in [1.82, 2.24) is 36.4 Å². The number of fused-ring (bicyclic) bond motifs is 2. The summed E-state index contributed by atoms with van der Waals surface area (Å²) in [4.78, 5) is 125. The molecule has 23 heteroatoms. The van der Waals surface area contributed by atoms with Crippen LogP contribution >= 0.6 is 11.6 Å². The smallest absolute Gasteiger partial charge is 0.329 e. The van der Waals surface area contributed by atoms with Crippen LogP contribution in [0.2, 0.25) is 5.02 Å². The number of aliphatic hydroxyl groups is 2. The van der Waals surface area contributed by atoms with Gasteiger partial charge in [-0.3, -0.25) is 38.4 Å². The second kappa shape index (κ2) is 24.5. The number of benzene rings is 2. The first kappa shape index (κ1) is 54.1. The zero-order valence-corrected chi connectivity index (χ0v) is 39.1. The van der Waals surface area contributed by atoms with Crippen LogP contribution < -0.4 is 32.3 Å². The number of phenols is 2. The summed E-state index contributed by atoms with van der Waals surface area (Å²) in [6.45, 7) is 5.76. The van der Waals surface area contributed by atoms with Crippen LogP contribution in [-0.4, -0.2) is 152 Å². The maximum Gasteiger partial charge on any atom is 0.329 e. The van der Waals surface area contributed by atoms with Crippen molar-refractivity contribution >= 4 is 65.3 Å². The summed E-state index contributed by atoms with van der Waals surface area (Å²) >= 11 is 6.21. The van der Waals surface area contributed by atoms with Crippen LogP contribution in [0.3, 0.4) is 0 Å². The van der Waals surface area contributed by atoms with Gasteiger partial charge in [0.05, 0.1) is 11.1 Å². The molecule has 4 rings (SSSR count). The van der Waals surface area contributed by atoms with Crippen LogP contribution in [0.4, 0.5) is 0 Å². The molecule has 8 amide bonds. The van der Waals surface area contributed by atoms with Gasteiger partial charge in [0.2, 0.25) is 47.8 Å². The van der Waals surface area contributed by atoms with Gasteiger partial charge < -0.3 is 67.3 Å². The Hall–Kier alpha value is -6.52. The molecule has 2 unspecified atom stereocenters. The number of primary amides is 1. The van der Waals surface area contributed by atoms with Gasteiger partial charge in [0.25, 0.3) is 0 Å². The van der Waals surface area contributed by atoms with E-state index < -0.39 is 114 Å². The van der Waals surface area contributed by atoms with E-state index >= 15 is 0 Å². The average Bonchev–Trinajstić information content (AvgIpc) is 3.28. The molecule has 0 aliphatic carbocycles. The van der Waals surface area contributed by atoms with Gasteiger partial charge in [-0.15, -0.1) is 0 Å². The van der Waals surface area contributed by atoms with Crippen molar-refractivity contribution in [2.75, 3.05) is 7.05 Å². The molecule has 2 heterocycles. The van der Waals surface area contributed by atoms with Gasteiger partial charge in [-0.05, 0) is 87.3 Å². The van der Waals surface area contributed by atoms with Gasteiger partial charge in [-0.2, -0.15) is 0 Å². The number of nitrogens with zero attached hydrogens (tertiary/aromatic N) is 2. The second-order valence-electron chi connectivity index (χ2n) is 17.1. The van der Waals surface area contributed by atoms with E-state index in [9.17, 15) is 63.6 Å². The number of hydrogen-bond donors (Lipinski definition) is 10. The number of amides is 8. The van der Waals surface area contributed by atoms with Gasteiger partial charge in [-0.1, -0.05) is 50.1 Å². The number of carbonyl (C=O) groups is 9. The second-order valence-corrected chi connectivity index (χ2v) is 17.5. The molecule has 2 aliphatic heterocycles. The standard InChI is InChI=1S/C45H61ClN8O14/c1-6-22(2)36-45(67)68-24(4)37(52-39(61)29(48-21-55)14-17-34(47)59)42(64)49-30(13-9-25-7-11-27(57)12-8-25)40(62)50-31-15-18-35(60)54(43(31)65)38(23(3)56)44(66)53(5)32(41(63)51-36)20-26-10-16-33(58)28(46)19-26/h7-8,10-12,16,19,21-24,29-32,35-38,56-58,60H,6,9,13-15,17-18,20H2,1-5H3,(H2,47,59)(H,48,55)(H,49,64)(H,50,62)(H,51,63)(H,52,61)/t22-,23+,24+,29+,30-,31?,32-,35?,36-,37-,38-/m0/s1. The fourth-order valence-electron chi connectivity index (χ4n) is 7.92. The first-order chi connectivity index (χ1) is 32.1. The quantitative estimate of drug-likeness (QED) is 0.0738. The number of aliphatic hydroxyl groups excluding tert-OH is 2. The Morgan fingerprint density at radius 2 is 1.62 bits per heavy atom. The molecule has 0 saturated carbocycles. The van der Waals surface area contributed by atoms with E-state index in [1.54, 1.807) is 26.0 Å². The fourth-order valence-corrected chi connectivity index (χ4v) is 8.12. The summed E-state index contributed by atoms with van der Waals surface area (Å²) in [6, 6.07) is -1.08. The summed E-state index contributed by atoms with van der Waals surface area (Å²) in [5.74, 6) is -8.89. The molecule has 2 aromatic carbocycles. The Morgan fingerprint density at radius 3 is 2.22 bits per heavy atom. The highest BCUT2D eigenvalue weighted by molar-refractivity contribution is 6.32. The van der Waals surface area contributed by atoms with Crippen LogP contribution in [0.5, 0.6) is 11.5 Å². The Labute approximate surface area is 397 Å². The molecule has 2 aromatic rings. The number of esters is 1. The number of cyclic esters (lactones) is 1. The molecule has 0 radical (unpaired) electrons. The molecule has 2 bridgehead atoms. The van der Waals surface area contributed by atoms with E-state index in [0.717, 1.165) is 9.80 Å². The van der Waals surface area contributed by atoms with Crippen molar-refractivity contribution in [3.63, 3.8) is 0 Å². The van der Waals surface area contributed by atoms with Crippen LogP contribution in [0.25, 0.3) is 0 Å². The normalized spacial score (nSPS) is 25.8. The van der Waals surface area contributed by atoms with Gasteiger partial charge in [-0.25, -0.2) is 4.79 Å². The predicted octanol–water partition coefficient (Wildman–Crippen LogP) is -1.25. The third-order valence-corrected chi connectivity index (χ3v) is 12.4. The molecule has 0 spiro atoms. The SMILES string of the molecule is CC[C@H](C)[C@@H]1NC(=O)[C@H](Cc2ccc(O)c(Cl)c2)N(C)C(=O)[C@H]([C@@H](C)O)N2C(=O)C(CCC2O)NC(=O)[C@H](CCc2ccc(O)cc2)NC(=O)[C@@H](NC(=O)[C@@H](CCC(N)=O)NC=O)[C@@H](C)OC1=O. The highest BCUT2D eigenvalue weighted by atomic mass is 35.5. The molecular weight excluding hydrogens is 912 g/mol. The summed E-state index contributed by atoms with van der Waals surface area (Å²) in [5.41, 5.74) is 6.23. The van der Waals surface area contributed by atoms with Crippen molar-refractivity contribution in [2.45, 2.75) is 140 Å². The van der Waals surface area contributed by atoms with E-state index in [-0.39, 0.29) is 74.3 Å². The summed E-state index contributed by atoms with van der Waals surface area (Å²) in [5, 5.41) is 54.8. The van der Waals surface area contributed by atoms with Crippen LogP contribution in [-0.2, 0) is 60.7 Å². The largest absolute Gasteiger partial charge is 0.508 e. The van der Waals surface area contributed by atoms with Crippen molar-refractivity contribution < 1.29 is 68.3 Å². The molecular formula is C45H61ClN8O14. The van der Waals surface area contributed by atoms with Gasteiger partial charge in [0, 0.05) is 19.9 Å². The minimum atomic E-state index is -1.84. The summed E-state index contributed by atoms with van der Waals surface area (Å²) in [6.07, 6.45) is -5.86. The molecule has 11 N–H and O–H groups in total. The number of likely N-dealkylation sites (N-methyl/N-ethyl adjacent to an activating group) is 1. The zero-order valence-electron chi connectivity index (χ0n) is 38.3. The van der Waals surface area contributed by atoms with E-state index in [2.05, 4.69) is 26.6 Å². The Bertz CT molecular complexity index is 2180. The topological polar surface area (TPSA) is 336 Å². The number of piperidine rings is 1. The number of ether oxygens (including phenoxy) is 1.